The van der Waals surface area contributed by atoms with Gasteiger partial charge >= 0.3 is 0 Å². The number of hydrogen-bond donors (Lipinski definition) is 0. The average Bonchev–Trinajstić information content (AvgIpc) is 3.65. The fraction of sp³-hybridized carbons (Fsp3) is 0.0638. The van der Waals surface area contributed by atoms with Crippen molar-refractivity contribution in [2.75, 3.05) is 4.90 Å². The van der Waals surface area contributed by atoms with Crippen molar-refractivity contribution in [3.63, 3.8) is 0 Å². The summed E-state index contributed by atoms with van der Waals surface area (Å²) < 4.78 is 6.85. The molecule has 1 heterocycles. The third-order valence-corrected chi connectivity index (χ3v) is 10.7. The average molecular weight is 628 g/mol. The van der Waals surface area contributed by atoms with Crippen molar-refractivity contribution in [3.8, 4) is 22.3 Å². The third kappa shape index (κ3) is 4.07. The molecule has 0 saturated carbocycles. The lowest BCUT2D eigenvalue weighted by Gasteiger charge is -2.29. The van der Waals surface area contributed by atoms with Gasteiger partial charge in [0.1, 0.15) is 5.58 Å². The van der Waals surface area contributed by atoms with E-state index in [9.17, 15) is 0 Å². The zero-order valence-corrected chi connectivity index (χ0v) is 27.4. The van der Waals surface area contributed by atoms with Crippen molar-refractivity contribution in [2.24, 2.45) is 0 Å². The van der Waals surface area contributed by atoms with Gasteiger partial charge in [0.15, 0.2) is 5.58 Å². The number of anilines is 3. The highest BCUT2D eigenvalue weighted by atomic mass is 16.3. The molecule has 2 nitrogen and oxygen atoms in total. The Hall–Kier alpha value is -6.12. The maximum absolute atomic E-state index is 6.85. The van der Waals surface area contributed by atoms with E-state index in [-0.39, 0.29) is 5.41 Å². The van der Waals surface area contributed by atoms with E-state index in [1.807, 2.05) is 0 Å². The largest absolute Gasteiger partial charge is 0.454 e. The van der Waals surface area contributed by atoms with Crippen LogP contribution in [0.3, 0.4) is 0 Å². The molecule has 0 N–H and O–H groups in total. The summed E-state index contributed by atoms with van der Waals surface area (Å²) >= 11 is 0. The monoisotopic (exact) mass is 627 g/mol. The topological polar surface area (TPSA) is 16.4 Å². The number of fused-ring (bicyclic) bond motifs is 9. The minimum atomic E-state index is -0.115. The van der Waals surface area contributed by atoms with E-state index in [0.717, 1.165) is 39.0 Å². The van der Waals surface area contributed by atoms with Gasteiger partial charge in [-0.1, -0.05) is 147 Å². The first-order valence-corrected chi connectivity index (χ1v) is 17.0. The molecule has 1 aromatic heterocycles. The molecule has 0 spiro atoms. The molecule has 0 aliphatic heterocycles. The first-order valence-electron chi connectivity index (χ1n) is 17.0. The smallest absolute Gasteiger partial charge is 0.159 e. The number of benzene rings is 8. The highest BCUT2D eigenvalue weighted by Gasteiger charge is 2.38. The molecule has 0 fully saturated rings. The van der Waals surface area contributed by atoms with E-state index in [1.165, 1.54) is 54.9 Å². The van der Waals surface area contributed by atoms with Gasteiger partial charge in [-0.25, -0.2) is 0 Å². The SMILES string of the molecule is CC1(C)c2ccccc2-c2c(N(c3ccc(-c4cccc5ccccc45)cc3)c3cccc4c3oc3ccc5ccccc5c34)cccc21. The van der Waals surface area contributed by atoms with Crippen molar-refractivity contribution in [2.45, 2.75) is 19.3 Å². The predicted molar refractivity (Wildman–Crippen MR) is 206 cm³/mol. The minimum Gasteiger partial charge on any atom is -0.454 e. The summed E-state index contributed by atoms with van der Waals surface area (Å²) in [6.45, 7) is 4.69. The molecule has 232 valence electrons. The van der Waals surface area contributed by atoms with Crippen LogP contribution in [0, 0.1) is 0 Å². The quantitative estimate of drug-likeness (QED) is 0.193. The Morgan fingerprint density at radius 3 is 1.94 bits per heavy atom. The molecule has 0 unspecified atom stereocenters. The molecular weight excluding hydrogens is 595 g/mol. The van der Waals surface area contributed by atoms with Crippen molar-refractivity contribution in [1.82, 2.24) is 0 Å². The molecule has 49 heavy (non-hydrogen) atoms. The molecule has 0 atom stereocenters. The molecule has 0 radical (unpaired) electrons. The molecule has 10 rings (SSSR count). The lowest BCUT2D eigenvalue weighted by Crippen LogP contribution is -2.16. The summed E-state index contributed by atoms with van der Waals surface area (Å²) in [4.78, 5) is 2.41. The number of para-hydroxylation sites is 1. The van der Waals surface area contributed by atoms with Crippen molar-refractivity contribution >= 4 is 60.5 Å². The standard InChI is InChI=1S/C47H33NO/c1-47(2)39-20-8-7-17-37(39)45-40(47)21-11-22-41(45)48(33-27-24-32(25-28-33)35-18-9-14-30-12-3-5-15-34(30)35)42-23-10-19-38-44-36-16-6-4-13-31(36)26-29-43(44)49-46(38)42/h3-29H,1-2H3. The van der Waals surface area contributed by atoms with Crippen LogP contribution < -0.4 is 4.90 Å². The second-order valence-electron chi connectivity index (χ2n) is 13.7. The van der Waals surface area contributed by atoms with Gasteiger partial charge in [-0.05, 0) is 79.7 Å². The van der Waals surface area contributed by atoms with Crippen LogP contribution in [-0.4, -0.2) is 0 Å². The fourth-order valence-corrected chi connectivity index (χ4v) is 8.33. The summed E-state index contributed by atoms with van der Waals surface area (Å²) in [6.07, 6.45) is 0. The Kier molecular flexibility index (Phi) is 5.95. The first kappa shape index (κ1) is 27.9. The van der Waals surface area contributed by atoms with E-state index < -0.39 is 0 Å². The van der Waals surface area contributed by atoms with Gasteiger partial charge < -0.3 is 9.32 Å². The lowest BCUT2D eigenvalue weighted by molar-refractivity contribution is 0.660. The van der Waals surface area contributed by atoms with Crippen LogP contribution in [0.1, 0.15) is 25.0 Å². The molecule has 2 heteroatoms. The normalized spacial score (nSPS) is 13.3. The van der Waals surface area contributed by atoms with E-state index in [2.05, 4.69) is 183 Å². The van der Waals surface area contributed by atoms with Gasteiger partial charge in [-0.2, -0.15) is 0 Å². The minimum absolute atomic E-state index is 0.115. The zero-order valence-electron chi connectivity index (χ0n) is 27.4. The summed E-state index contributed by atoms with van der Waals surface area (Å²) in [6, 6.07) is 59.3. The summed E-state index contributed by atoms with van der Waals surface area (Å²) in [7, 11) is 0. The molecule has 0 amide bonds. The Labute approximate surface area is 285 Å². The van der Waals surface area contributed by atoms with Crippen LogP contribution in [0.5, 0.6) is 0 Å². The van der Waals surface area contributed by atoms with Gasteiger partial charge in [-0.3, -0.25) is 0 Å². The Bertz CT molecular complexity index is 2740. The van der Waals surface area contributed by atoms with Gasteiger partial charge in [0.25, 0.3) is 0 Å². The molecule has 9 aromatic rings. The zero-order chi connectivity index (χ0) is 32.7. The fourth-order valence-electron chi connectivity index (χ4n) is 8.33. The van der Waals surface area contributed by atoms with E-state index in [4.69, 9.17) is 4.42 Å². The van der Waals surface area contributed by atoms with E-state index in [1.54, 1.807) is 0 Å². The van der Waals surface area contributed by atoms with Crippen LogP contribution in [0.25, 0.3) is 65.7 Å². The van der Waals surface area contributed by atoms with Crippen LogP contribution in [0.15, 0.2) is 168 Å². The predicted octanol–water partition coefficient (Wildman–Crippen LogP) is 13.3. The summed E-state index contributed by atoms with van der Waals surface area (Å²) in [5, 5.41) is 7.20. The Morgan fingerprint density at radius 2 is 1.08 bits per heavy atom. The van der Waals surface area contributed by atoms with Crippen LogP contribution in [0.2, 0.25) is 0 Å². The van der Waals surface area contributed by atoms with Gasteiger partial charge in [-0.15, -0.1) is 0 Å². The second kappa shape index (κ2) is 10.4. The molecule has 0 bridgehead atoms. The van der Waals surface area contributed by atoms with Crippen molar-refractivity contribution in [1.29, 1.82) is 0 Å². The highest BCUT2D eigenvalue weighted by molar-refractivity contribution is 6.21. The van der Waals surface area contributed by atoms with Gasteiger partial charge in [0.05, 0.1) is 11.4 Å². The van der Waals surface area contributed by atoms with Crippen molar-refractivity contribution < 1.29 is 4.42 Å². The van der Waals surface area contributed by atoms with Crippen LogP contribution >= 0.6 is 0 Å². The summed E-state index contributed by atoms with van der Waals surface area (Å²) in [5.41, 5.74) is 12.6. The number of furan rings is 1. The molecular formula is C47H33NO. The Balaban J connectivity index is 1.24. The Morgan fingerprint density at radius 1 is 0.469 bits per heavy atom. The molecule has 0 saturated heterocycles. The van der Waals surface area contributed by atoms with E-state index >= 15 is 0 Å². The summed E-state index contributed by atoms with van der Waals surface area (Å²) in [5.74, 6) is 0. The number of nitrogens with zero attached hydrogens (tertiary/aromatic N) is 1. The first-order chi connectivity index (χ1) is 24.1. The molecule has 8 aromatic carbocycles. The van der Waals surface area contributed by atoms with Crippen LogP contribution in [-0.2, 0) is 5.41 Å². The molecule has 1 aliphatic carbocycles. The lowest BCUT2D eigenvalue weighted by atomic mass is 9.82. The maximum Gasteiger partial charge on any atom is 0.159 e. The number of hydrogen-bond acceptors (Lipinski definition) is 2. The van der Waals surface area contributed by atoms with Gasteiger partial charge in [0, 0.05) is 27.4 Å². The number of rotatable bonds is 4. The highest BCUT2D eigenvalue weighted by Crippen LogP contribution is 2.55. The van der Waals surface area contributed by atoms with Gasteiger partial charge in [0.2, 0.25) is 0 Å². The van der Waals surface area contributed by atoms with Crippen molar-refractivity contribution in [3.05, 3.63) is 175 Å². The maximum atomic E-state index is 6.85. The third-order valence-electron chi connectivity index (χ3n) is 10.7. The molecule has 1 aliphatic rings. The van der Waals surface area contributed by atoms with Crippen LogP contribution in [0.4, 0.5) is 17.1 Å². The van der Waals surface area contributed by atoms with E-state index in [0.29, 0.717) is 0 Å². The second-order valence-corrected chi connectivity index (χ2v) is 13.7.